The third-order valence-corrected chi connectivity index (χ3v) is 4.56. The zero-order valence-corrected chi connectivity index (χ0v) is 14.8. The Hall–Kier alpha value is -2.68. The molecule has 0 fully saturated rings. The van der Waals surface area contributed by atoms with E-state index in [-0.39, 0.29) is 0 Å². The van der Waals surface area contributed by atoms with Crippen molar-refractivity contribution in [2.75, 3.05) is 0 Å². The molecule has 0 saturated heterocycles. The molecule has 142 valence electrons. The summed E-state index contributed by atoms with van der Waals surface area (Å²) in [5.74, 6) is -6.19. The average Bonchev–Trinajstić information content (AvgIpc) is 2.43. The summed E-state index contributed by atoms with van der Waals surface area (Å²) in [6.45, 7) is 1.27. The highest BCUT2D eigenvalue weighted by Crippen LogP contribution is 2.18. The highest BCUT2D eigenvalue weighted by atomic mass is 32.2. The van der Waals surface area contributed by atoms with E-state index in [4.69, 9.17) is 9.11 Å². The fraction of sp³-hybridized carbons (Fsp3) is 0.167. The average molecular weight is 408 g/mol. The zero-order valence-electron chi connectivity index (χ0n) is 13.2. The standard InChI is InChI=1S/C12H12N2O10S2/c1-7(15)13(25(19,20)21)11(17)9-5-3-4-6-10(9)12(18)14(8(2)16)26(22,23)24/h3-6H,1-2H3,(H,19,20,21)(H,22,23,24). The van der Waals surface area contributed by atoms with Crippen molar-refractivity contribution >= 4 is 44.2 Å². The van der Waals surface area contributed by atoms with Gasteiger partial charge in [-0.3, -0.25) is 28.3 Å². The van der Waals surface area contributed by atoms with E-state index in [0.717, 1.165) is 24.3 Å². The van der Waals surface area contributed by atoms with E-state index in [1.165, 1.54) is 0 Å². The Morgan fingerprint density at radius 3 is 1.19 bits per heavy atom. The highest BCUT2D eigenvalue weighted by molar-refractivity contribution is 7.84. The normalized spacial score (nSPS) is 11.5. The molecular formula is C12H12N2O10S2. The van der Waals surface area contributed by atoms with Crippen molar-refractivity contribution in [1.82, 2.24) is 8.61 Å². The van der Waals surface area contributed by atoms with E-state index < -0.39 is 64.0 Å². The van der Waals surface area contributed by atoms with Crippen molar-refractivity contribution in [3.63, 3.8) is 0 Å². The van der Waals surface area contributed by atoms with Gasteiger partial charge in [-0.1, -0.05) is 12.1 Å². The SMILES string of the molecule is CC(=O)N(C(=O)c1ccccc1C(=O)N(C(C)=O)S(=O)(=O)O)S(=O)(=O)O. The summed E-state index contributed by atoms with van der Waals surface area (Å²) < 4.78 is 61.8. The molecule has 0 aromatic heterocycles. The molecule has 0 saturated carbocycles. The number of carbonyl (C=O) groups excluding carboxylic acids is 4. The molecule has 2 N–H and O–H groups in total. The van der Waals surface area contributed by atoms with Gasteiger partial charge in [0.25, 0.3) is 11.8 Å². The lowest BCUT2D eigenvalue weighted by molar-refractivity contribution is -0.123. The minimum atomic E-state index is -5.34. The molecule has 0 heterocycles. The van der Waals surface area contributed by atoms with Gasteiger partial charge in [0.15, 0.2) is 0 Å². The first kappa shape index (κ1) is 21.4. The Bertz CT molecular complexity index is 916. The molecule has 4 amide bonds. The van der Waals surface area contributed by atoms with Gasteiger partial charge in [0.2, 0.25) is 11.8 Å². The molecular weight excluding hydrogens is 396 g/mol. The maximum atomic E-state index is 12.3. The topological polar surface area (TPSA) is 183 Å². The summed E-state index contributed by atoms with van der Waals surface area (Å²) >= 11 is 0. The zero-order chi connectivity index (χ0) is 20.4. The first-order valence-electron chi connectivity index (χ1n) is 6.44. The predicted molar refractivity (Wildman–Crippen MR) is 83.2 cm³/mol. The summed E-state index contributed by atoms with van der Waals surface area (Å²) in [7, 11) is -10.7. The molecule has 0 bridgehead atoms. The Morgan fingerprint density at radius 1 is 0.731 bits per heavy atom. The van der Waals surface area contributed by atoms with E-state index in [2.05, 4.69) is 0 Å². The van der Waals surface area contributed by atoms with Gasteiger partial charge in [0.05, 0.1) is 11.1 Å². The number of nitrogens with zero attached hydrogens (tertiary/aromatic N) is 2. The molecule has 0 aliphatic rings. The third-order valence-electron chi connectivity index (χ3n) is 2.79. The Balaban J connectivity index is 3.62. The van der Waals surface area contributed by atoms with Crippen LogP contribution < -0.4 is 0 Å². The molecule has 14 heteroatoms. The number of carbonyl (C=O) groups is 4. The van der Waals surface area contributed by atoms with Crippen LogP contribution in [0, 0.1) is 0 Å². The third kappa shape index (κ3) is 4.48. The first-order valence-corrected chi connectivity index (χ1v) is 9.23. The molecule has 1 aromatic carbocycles. The Labute approximate surface area is 147 Å². The second-order valence-electron chi connectivity index (χ2n) is 4.68. The molecule has 0 unspecified atom stereocenters. The number of benzene rings is 1. The lowest BCUT2D eigenvalue weighted by atomic mass is 10.1. The number of imide groups is 2. The van der Waals surface area contributed by atoms with E-state index in [9.17, 15) is 36.0 Å². The van der Waals surface area contributed by atoms with E-state index in [1.807, 2.05) is 0 Å². The Morgan fingerprint density at radius 2 is 1.00 bits per heavy atom. The number of rotatable bonds is 4. The van der Waals surface area contributed by atoms with Crippen molar-refractivity contribution in [3.05, 3.63) is 35.4 Å². The minimum absolute atomic E-state index is 0.565. The maximum absolute atomic E-state index is 12.3. The van der Waals surface area contributed by atoms with Crippen LogP contribution in [0.5, 0.6) is 0 Å². The summed E-state index contributed by atoms with van der Waals surface area (Å²) in [5.41, 5.74) is -1.64. The van der Waals surface area contributed by atoms with Gasteiger partial charge >= 0.3 is 20.6 Å². The van der Waals surface area contributed by atoms with Gasteiger partial charge in [-0.15, -0.1) is 8.61 Å². The van der Waals surface area contributed by atoms with Crippen LogP contribution in [0.1, 0.15) is 34.6 Å². The van der Waals surface area contributed by atoms with E-state index in [1.54, 1.807) is 0 Å². The number of amides is 4. The van der Waals surface area contributed by atoms with Crippen molar-refractivity contribution < 1.29 is 45.1 Å². The number of hydrogen-bond acceptors (Lipinski definition) is 8. The smallest absolute Gasteiger partial charge is 0.274 e. The quantitative estimate of drug-likeness (QED) is 0.602. The predicted octanol–water partition coefficient (Wildman–Crippen LogP) is -0.730. The largest absolute Gasteiger partial charge is 0.369 e. The van der Waals surface area contributed by atoms with Crippen LogP contribution >= 0.6 is 0 Å². The van der Waals surface area contributed by atoms with Gasteiger partial charge in [0, 0.05) is 13.8 Å². The van der Waals surface area contributed by atoms with Crippen LogP contribution in [0.4, 0.5) is 0 Å². The van der Waals surface area contributed by atoms with E-state index >= 15 is 0 Å². The summed E-state index contributed by atoms with van der Waals surface area (Å²) in [4.78, 5) is 47.3. The van der Waals surface area contributed by atoms with Gasteiger partial charge < -0.3 is 0 Å². The van der Waals surface area contributed by atoms with Gasteiger partial charge in [-0.2, -0.15) is 16.8 Å². The molecule has 1 aromatic rings. The van der Waals surface area contributed by atoms with Gasteiger partial charge in [0.1, 0.15) is 0 Å². The number of hydrogen-bond donors (Lipinski definition) is 2. The molecule has 0 radical (unpaired) electrons. The van der Waals surface area contributed by atoms with Gasteiger partial charge in [-0.05, 0) is 12.1 Å². The van der Waals surface area contributed by atoms with Crippen LogP contribution in [-0.4, -0.2) is 58.2 Å². The van der Waals surface area contributed by atoms with Crippen LogP contribution in [0.2, 0.25) is 0 Å². The van der Waals surface area contributed by atoms with Crippen molar-refractivity contribution in [1.29, 1.82) is 0 Å². The second-order valence-corrected chi connectivity index (χ2v) is 7.20. The van der Waals surface area contributed by atoms with Crippen molar-refractivity contribution in [2.24, 2.45) is 0 Å². The second kappa shape index (κ2) is 7.28. The minimum Gasteiger partial charge on any atom is -0.274 e. The molecule has 26 heavy (non-hydrogen) atoms. The molecule has 0 spiro atoms. The first-order chi connectivity index (χ1) is 11.7. The van der Waals surface area contributed by atoms with Crippen molar-refractivity contribution in [3.8, 4) is 0 Å². The van der Waals surface area contributed by atoms with Gasteiger partial charge in [-0.25, -0.2) is 0 Å². The summed E-state index contributed by atoms with van der Waals surface area (Å²) in [6, 6.07) is 3.97. The van der Waals surface area contributed by atoms with E-state index in [0.29, 0.717) is 13.8 Å². The fourth-order valence-corrected chi connectivity index (χ4v) is 3.16. The van der Waals surface area contributed by atoms with Crippen LogP contribution in [-0.2, 0) is 30.2 Å². The molecule has 1 rings (SSSR count). The van der Waals surface area contributed by atoms with Crippen LogP contribution in [0.15, 0.2) is 24.3 Å². The fourth-order valence-electron chi connectivity index (χ4n) is 1.90. The molecule has 0 aliphatic heterocycles. The molecule has 0 aliphatic carbocycles. The summed E-state index contributed by atoms with van der Waals surface area (Å²) in [6.07, 6.45) is 0. The lowest BCUT2D eigenvalue weighted by Crippen LogP contribution is -2.43. The monoisotopic (exact) mass is 408 g/mol. The maximum Gasteiger partial charge on any atom is 0.369 e. The Kier molecular flexibility index (Phi) is 5.99. The molecule has 0 atom stereocenters. The highest BCUT2D eigenvalue weighted by Gasteiger charge is 2.36. The van der Waals surface area contributed by atoms with Crippen LogP contribution in [0.3, 0.4) is 0 Å². The lowest BCUT2D eigenvalue weighted by Gasteiger charge is -2.19. The molecule has 12 nitrogen and oxygen atoms in total. The summed E-state index contributed by atoms with van der Waals surface area (Å²) in [5, 5.41) is 0. The van der Waals surface area contributed by atoms with Crippen LogP contribution in [0.25, 0.3) is 0 Å². The van der Waals surface area contributed by atoms with Crippen molar-refractivity contribution in [2.45, 2.75) is 13.8 Å².